The highest BCUT2D eigenvalue weighted by Crippen LogP contribution is 2.20. The van der Waals surface area contributed by atoms with Gasteiger partial charge >= 0.3 is 5.97 Å². The summed E-state index contributed by atoms with van der Waals surface area (Å²) in [4.78, 5) is 29.0. The summed E-state index contributed by atoms with van der Waals surface area (Å²) in [6.07, 6.45) is 1.56. The van der Waals surface area contributed by atoms with Crippen LogP contribution in [-0.4, -0.2) is 45.2 Å². The van der Waals surface area contributed by atoms with Crippen molar-refractivity contribution >= 4 is 23.6 Å². The Hall–Kier alpha value is -2.28. The van der Waals surface area contributed by atoms with Crippen LogP contribution in [0.2, 0.25) is 0 Å². The van der Waals surface area contributed by atoms with E-state index in [0.29, 0.717) is 11.6 Å². The molecule has 1 heterocycles. The molecule has 0 spiro atoms. The van der Waals surface area contributed by atoms with Crippen molar-refractivity contribution in [1.29, 1.82) is 0 Å². The van der Waals surface area contributed by atoms with E-state index in [-0.39, 0.29) is 30.7 Å². The molecule has 1 amide bonds. The molecule has 2 rings (SSSR count). The molecule has 1 N–H and O–H groups in total. The minimum Gasteiger partial charge on any atom is -0.481 e. The van der Waals surface area contributed by atoms with E-state index in [1.54, 1.807) is 11.2 Å². The number of rotatable bonds is 9. The number of aliphatic carboxylic acids is 1. The van der Waals surface area contributed by atoms with Crippen LogP contribution >= 0.6 is 11.8 Å². The number of carbonyl (C=O) groups excluding carboxylic acids is 1. The van der Waals surface area contributed by atoms with Crippen molar-refractivity contribution in [2.45, 2.75) is 32.1 Å². The number of thioether (sulfide) groups is 1. The smallest absolute Gasteiger partial charge is 0.305 e. The van der Waals surface area contributed by atoms with E-state index >= 15 is 0 Å². The first-order valence-corrected chi connectivity index (χ1v) is 9.21. The summed E-state index contributed by atoms with van der Waals surface area (Å²) in [6, 6.07) is 9.60. The molecule has 0 radical (unpaired) electrons. The molecule has 6 nitrogen and oxygen atoms in total. The number of nitrogens with zero attached hydrogens (tertiary/aromatic N) is 2. The van der Waals surface area contributed by atoms with Crippen LogP contribution in [0.5, 0.6) is 0 Å². The molecule has 2 aromatic rings. The van der Waals surface area contributed by atoms with Crippen LogP contribution in [0.4, 0.5) is 0 Å². The molecular weight excluding hydrogens is 340 g/mol. The summed E-state index contributed by atoms with van der Waals surface area (Å²) in [5.74, 6) is 0.445. The fraction of sp³-hybridized carbons (Fsp3) is 0.389. The Morgan fingerprint density at radius 1 is 1.28 bits per heavy atom. The Morgan fingerprint density at radius 3 is 2.64 bits per heavy atom. The zero-order valence-corrected chi connectivity index (χ0v) is 15.2. The molecule has 1 aromatic heterocycles. The number of hydrogen-bond donors (Lipinski definition) is 1. The Kier molecular flexibility index (Phi) is 7.06. The van der Waals surface area contributed by atoms with Gasteiger partial charge in [-0.25, -0.2) is 4.98 Å². The molecule has 0 saturated carbocycles. The number of carboxylic acids is 1. The number of carbonyl (C=O) groups is 2. The summed E-state index contributed by atoms with van der Waals surface area (Å²) in [5, 5.41) is 8.79. The van der Waals surface area contributed by atoms with E-state index in [0.717, 1.165) is 11.3 Å². The monoisotopic (exact) mass is 362 g/mol. The van der Waals surface area contributed by atoms with Crippen molar-refractivity contribution in [3.63, 3.8) is 0 Å². The van der Waals surface area contributed by atoms with Gasteiger partial charge in [-0.05, 0) is 26.0 Å². The molecule has 0 unspecified atom stereocenters. The molecule has 0 bridgehead atoms. The standard InChI is InChI=1S/C18H22N2O4S/c1-13(2)20(9-8-17(22)23)16(21)12-25-11-15-10-24-18(19-15)14-6-4-3-5-7-14/h3-7,10,13H,8-9,11-12H2,1-2H3,(H,22,23). The summed E-state index contributed by atoms with van der Waals surface area (Å²) in [5.41, 5.74) is 1.69. The summed E-state index contributed by atoms with van der Waals surface area (Å²) in [7, 11) is 0. The number of hydrogen-bond acceptors (Lipinski definition) is 5. The van der Waals surface area contributed by atoms with Gasteiger partial charge in [-0.3, -0.25) is 9.59 Å². The molecule has 0 saturated heterocycles. The van der Waals surface area contributed by atoms with Gasteiger partial charge in [-0.1, -0.05) is 18.2 Å². The van der Waals surface area contributed by atoms with Crippen molar-refractivity contribution in [3.05, 3.63) is 42.3 Å². The molecule has 0 aliphatic rings. The van der Waals surface area contributed by atoms with E-state index in [9.17, 15) is 9.59 Å². The van der Waals surface area contributed by atoms with Gasteiger partial charge in [0, 0.05) is 23.9 Å². The van der Waals surface area contributed by atoms with Gasteiger partial charge in [0.05, 0.1) is 17.9 Å². The number of benzene rings is 1. The van der Waals surface area contributed by atoms with E-state index in [1.807, 2.05) is 44.2 Å². The van der Waals surface area contributed by atoms with Gasteiger partial charge < -0.3 is 14.4 Å². The maximum absolute atomic E-state index is 12.3. The summed E-state index contributed by atoms with van der Waals surface area (Å²) >= 11 is 1.44. The maximum atomic E-state index is 12.3. The Labute approximate surface area is 151 Å². The van der Waals surface area contributed by atoms with E-state index in [2.05, 4.69) is 4.98 Å². The molecule has 134 valence electrons. The van der Waals surface area contributed by atoms with Crippen molar-refractivity contribution in [2.75, 3.05) is 12.3 Å². The molecule has 0 aliphatic heterocycles. The Morgan fingerprint density at radius 2 is 2.00 bits per heavy atom. The average molecular weight is 362 g/mol. The van der Waals surface area contributed by atoms with Gasteiger partial charge in [0.15, 0.2) is 0 Å². The molecule has 0 aliphatic carbocycles. The van der Waals surface area contributed by atoms with E-state index in [1.165, 1.54) is 11.8 Å². The summed E-state index contributed by atoms with van der Waals surface area (Å²) < 4.78 is 5.47. The average Bonchev–Trinajstić information content (AvgIpc) is 3.04. The first-order valence-electron chi connectivity index (χ1n) is 8.06. The number of oxazole rings is 1. The minimum absolute atomic E-state index is 0.0239. The third-order valence-electron chi connectivity index (χ3n) is 3.56. The fourth-order valence-electron chi connectivity index (χ4n) is 2.30. The van der Waals surface area contributed by atoms with Gasteiger partial charge in [0.25, 0.3) is 0 Å². The van der Waals surface area contributed by atoms with Crippen molar-refractivity contribution in [1.82, 2.24) is 9.88 Å². The number of aromatic nitrogens is 1. The van der Waals surface area contributed by atoms with Crippen LogP contribution in [0.3, 0.4) is 0 Å². The molecule has 25 heavy (non-hydrogen) atoms. The number of amides is 1. The fourth-order valence-corrected chi connectivity index (χ4v) is 3.08. The number of carboxylic acid groups (broad SMARTS) is 1. The van der Waals surface area contributed by atoms with E-state index < -0.39 is 5.97 Å². The lowest BCUT2D eigenvalue weighted by Gasteiger charge is -2.26. The zero-order valence-electron chi connectivity index (χ0n) is 14.3. The lowest BCUT2D eigenvalue weighted by atomic mass is 10.2. The maximum Gasteiger partial charge on any atom is 0.305 e. The van der Waals surface area contributed by atoms with Crippen molar-refractivity contribution in [3.8, 4) is 11.5 Å². The lowest BCUT2D eigenvalue weighted by molar-refractivity contribution is -0.138. The van der Waals surface area contributed by atoms with Crippen LogP contribution in [0, 0.1) is 0 Å². The zero-order chi connectivity index (χ0) is 18.2. The largest absolute Gasteiger partial charge is 0.481 e. The first kappa shape index (κ1) is 19.1. The van der Waals surface area contributed by atoms with Gasteiger partial charge in [0.1, 0.15) is 6.26 Å². The first-order chi connectivity index (χ1) is 12.0. The second-order valence-corrected chi connectivity index (χ2v) is 6.81. The van der Waals surface area contributed by atoms with Crippen molar-refractivity contribution in [2.24, 2.45) is 0 Å². The normalized spacial score (nSPS) is 10.8. The van der Waals surface area contributed by atoms with Crippen molar-refractivity contribution < 1.29 is 19.1 Å². The van der Waals surface area contributed by atoms with Gasteiger partial charge in [-0.2, -0.15) is 0 Å². The van der Waals surface area contributed by atoms with Crippen LogP contribution in [-0.2, 0) is 15.3 Å². The highest BCUT2D eigenvalue weighted by Gasteiger charge is 2.18. The van der Waals surface area contributed by atoms with Gasteiger partial charge in [-0.15, -0.1) is 11.8 Å². The minimum atomic E-state index is -0.901. The van der Waals surface area contributed by atoms with Crippen LogP contribution in [0.15, 0.2) is 41.0 Å². The highest BCUT2D eigenvalue weighted by atomic mass is 32.2. The predicted octanol–water partition coefficient (Wildman–Crippen LogP) is 3.29. The molecular formula is C18H22N2O4S. The van der Waals surface area contributed by atoms with Crippen LogP contribution in [0.25, 0.3) is 11.5 Å². The summed E-state index contributed by atoms with van der Waals surface area (Å²) in [6.45, 7) is 4.00. The third-order valence-corrected chi connectivity index (χ3v) is 4.51. The van der Waals surface area contributed by atoms with Crippen LogP contribution < -0.4 is 0 Å². The quantitative estimate of drug-likeness (QED) is 0.737. The molecule has 1 aromatic carbocycles. The second kappa shape index (κ2) is 9.27. The lowest BCUT2D eigenvalue weighted by Crippen LogP contribution is -2.39. The second-order valence-electron chi connectivity index (χ2n) is 5.83. The highest BCUT2D eigenvalue weighted by molar-refractivity contribution is 7.99. The Bertz CT molecular complexity index is 700. The topological polar surface area (TPSA) is 83.6 Å². The van der Waals surface area contributed by atoms with E-state index in [4.69, 9.17) is 9.52 Å². The predicted molar refractivity (Wildman–Crippen MR) is 97.2 cm³/mol. The molecule has 0 fully saturated rings. The Balaban J connectivity index is 1.84. The van der Waals surface area contributed by atoms with Crippen LogP contribution in [0.1, 0.15) is 26.0 Å². The molecule has 7 heteroatoms. The van der Waals surface area contributed by atoms with Gasteiger partial charge in [0.2, 0.25) is 11.8 Å². The molecule has 0 atom stereocenters. The SMILES string of the molecule is CC(C)N(CCC(=O)O)C(=O)CSCc1coc(-c2ccccc2)n1. The third kappa shape index (κ3) is 5.94.